The minimum atomic E-state index is 0.464. The van der Waals surface area contributed by atoms with Crippen molar-refractivity contribution >= 4 is 0 Å². The average molecular weight is 298 g/mol. The van der Waals surface area contributed by atoms with Gasteiger partial charge in [0.15, 0.2) is 0 Å². The second-order valence-electron chi connectivity index (χ2n) is 8.31. The maximum absolute atomic E-state index is 5.85. The van der Waals surface area contributed by atoms with E-state index in [0.29, 0.717) is 11.5 Å². The van der Waals surface area contributed by atoms with Gasteiger partial charge in [0.05, 0.1) is 19.3 Å². The monoisotopic (exact) mass is 298 g/mol. The summed E-state index contributed by atoms with van der Waals surface area (Å²) in [5, 5.41) is 0. The van der Waals surface area contributed by atoms with Crippen LogP contribution in [0.2, 0.25) is 0 Å². The van der Waals surface area contributed by atoms with Crippen LogP contribution >= 0.6 is 0 Å². The van der Waals surface area contributed by atoms with Gasteiger partial charge in [-0.2, -0.15) is 0 Å². The minimum absolute atomic E-state index is 0.464. The van der Waals surface area contributed by atoms with Crippen molar-refractivity contribution in [1.82, 2.24) is 0 Å². The van der Waals surface area contributed by atoms with Crippen molar-refractivity contribution in [1.29, 1.82) is 0 Å². The summed E-state index contributed by atoms with van der Waals surface area (Å²) < 4.78 is 11.1. The van der Waals surface area contributed by atoms with E-state index in [4.69, 9.17) is 9.47 Å². The van der Waals surface area contributed by atoms with E-state index in [1.807, 2.05) is 0 Å². The number of hydrogen-bond acceptors (Lipinski definition) is 2. The first-order valence-electron chi connectivity index (χ1n) is 9.14. The Hall–Kier alpha value is -1.02. The molecule has 5 aliphatic rings. The molecule has 2 heteroatoms. The van der Waals surface area contributed by atoms with E-state index in [0.717, 1.165) is 43.1 Å². The molecular weight excluding hydrogens is 272 g/mol. The zero-order chi connectivity index (χ0) is 14.6. The lowest BCUT2D eigenvalue weighted by Gasteiger charge is -2.57. The first-order valence-corrected chi connectivity index (χ1v) is 9.14. The SMILES string of the molecule is c1cc(C23CC4CC(CC(C4)C2)C3)ccc1OCCC1CO1. The number of hydrogen-bond donors (Lipinski definition) is 0. The van der Waals surface area contributed by atoms with Gasteiger partial charge in [-0.25, -0.2) is 0 Å². The highest BCUT2D eigenvalue weighted by molar-refractivity contribution is 5.34. The molecule has 0 aromatic heterocycles. The number of benzene rings is 1. The standard InChI is InChI=1S/C20H26O2/c1-3-18(21-6-5-19-13-22-19)4-2-17(1)20-10-14-7-15(11-20)9-16(8-14)12-20/h1-4,14-16,19H,5-13H2. The molecule has 1 aromatic rings. The van der Waals surface area contributed by atoms with E-state index in [2.05, 4.69) is 24.3 Å². The zero-order valence-corrected chi connectivity index (χ0v) is 13.3. The highest BCUT2D eigenvalue weighted by Crippen LogP contribution is 2.60. The highest BCUT2D eigenvalue weighted by Gasteiger charge is 2.51. The topological polar surface area (TPSA) is 21.8 Å². The molecular formula is C20H26O2. The molecule has 0 N–H and O–H groups in total. The summed E-state index contributed by atoms with van der Waals surface area (Å²) in [6.45, 7) is 1.70. The summed E-state index contributed by atoms with van der Waals surface area (Å²) in [6.07, 6.45) is 10.4. The van der Waals surface area contributed by atoms with Gasteiger partial charge in [0.2, 0.25) is 0 Å². The second kappa shape index (κ2) is 4.99. The minimum Gasteiger partial charge on any atom is -0.493 e. The molecule has 4 saturated carbocycles. The molecule has 0 spiro atoms. The molecule has 0 amide bonds. The summed E-state index contributed by atoms with van der Waals surface area (Å²) in [5.74, 6) is 4.07. The molecule has 2 nitrogen and oxygen atoms in total. The Bertz CT molecular complexity index is 508. The highest BCUT2D eigenvalue weighted by atomic mass is 16.6. The summed E-state index contributed by atoms with van der Waals surface area (Å²) in [5.41, 5.74) is 2.10. The van der Waals surface area contributed by atoms with Gasteiger partial charge in [-0.15, -0.1) is 0 Å². The van der Waals surface area contributed by atoms with Gasteiger partial charge in [0.1, 0.15) is 5.75 Å². The smallest absolute Gasteiger partial charge is 0.119 e. The molecule has 0 radical (unpaired) electrons. The first kappa shape index (κ1) is 13.4. The number of ether oxygens (including phenoxy) is 2. The van der Waals surface area contributed by atoms with Crippen LogP contribution in [0.5, 0.6) is 5.75 Å². The zero-order valence-electron chi connectivity index (χ0n) is 13.3. The van der Waals surface area contributed by atoms with Gasteiger partial charge in [-0.3, -0.25) is 0 Å². The maximum atomic E-state index is 5.85. The lowest BCUT2D eigenvalue weighted by Crippen LogP contribution is -2.48. The summed E-state index contributed by atoms with van der Waals surface area (Å²) in [7, 11) is 0. The number of rotatable bonds is 5. The molecule has 5 fully saturated rings. The van der Waals surface area contributed by atoms with Crippen LogP contribution < -0.4 is 4.74 Å². The Morgan fingerprint density at radius 1 is 0.955 bits per heavy atom. The largest absolute Gasteiger partial charge is 0.493 e. The third-order valence-electron chi connectivity index (χ3n) is 6.62. The van der Waals surface area contributed by atoms with E-state index in [1.165, 1.54) is 38.5 Å². The lowest BCUT2D eigenvalue weighted by molar-refractivity contribution is -0.00520. The Kier molecular flexibility index (Phi) is 3.04. The fraction of sp³-hybridized carbons (Fsp3) is 0.700. The van der Waals surface area contributed by atoms with Crippen molar-refractivity contribution in [2.75, 3.05) is 13.2 Å². The van der Waals surface area contributed by atoms with E-state index < -0.39 is 0 Å². The molecule has 22 heavy (non-hydrogen) atoms. The molecule has 1 atom stereocenters. The van der Waals surface area contributed by atoms with E-state index >= 15 is 0 Å². The molecule has 1 unspecified atom stereocenters. The normalized spacial score (nSPS) is 41.6. The van der Waals surface area contributed by atoms with Crippen molar-refractivity contribution in [2.24, 2.45) is 17.8 Å². The van der Waals surface area contributed by atoms with Crippen molar-refractivity contribution < 1.29 is 9.47 Å². The van der Waals surface area contributed by atoms with E-state index in [9.17, 15) is 0 Å². The van der Waals surface area contributed by atoms with E-state index in [1.54, 1.807) is 5.56 Å². The predicted octanol–water partition coefficient (Wildman–Crippen LogP) is 4.32. The van der Waals surface area contributed by atoms with Crippen LogP contribution in [0.1, 0.15) is 50.5 Å². The first-order chi connectivity index (χ1) is 10.8. The molecule has 1 saturated heterocycles. The lowest BCUT2D eigenvalue weighted by atomic mass is 9.48. The molecule has 1 aliphatic heterocycles. The summed E-state index contributed by atoms with van der Waals surface area (Å²) in [6, 6.07) is 9.11. The average Bonchev–Trinajstić information content (AvgIpc) is 3.31. The second-order valence-corrected chi connectivity index (χ2v) is 8.31. The fourth-order valence-electron chi connectivity index (χ4n) is 5.91. The molecule has 118 valence electrons. The van der Waals surface area contributed by atoms with Gasteiger partial charge in [-0.05, 0) is 79.4 Å². The van der Waals surface area contributed by atoms with Crippen molar-refractivity contribution in [3.8, 4) is 5.75 Å². The third kappa shape index (κ3) is 2.36. The summed E-state index contributed by atoms with van der Waals surface area (Å²) >= 11 is 0. The molecule has 4 bridgehead atoms. The van der Waals surface area contributed by atoms with Gasteiger partial charge < -0.3 is 9.47 Å². The molecule has 4 aliphatic carbocycles. The quantitative estimate of drug-likeness (QED) is 0.755. The Labute approximate surface area is 133 Å². The maximum Gasteiger partial charge on any atom is 0.119 e. The van der Waals surface area contributed by atoms with Crippen LogP contribution in [0.4, 0.5) is 0 Å². The van der Waals surface area contributed by atoms with E-state index in [-0.39, 0.29) is 0 Å². The molecule has 6 rings (SSSR count). The van der Waals surface area contributed by atoms with Crippen LogP contribution in [0.3, 0.4) is 0 Å². The molecule has 1 heterocycles. The van der Waals surface area contributed by atoms with Crippen LogP contribution in [-0.4, -0.2) is 19.3 Å². The number of epoxide rings is 1. The van der Waals surface area contributed by atoms with Crippen LogP contribution in [0.25, 0.3) is 0 Å². The van der Waals surface area contributed by atoms with Crippen LogP contribution in [-0.2, 0) is 10.2 Å². The third-order valence-corrected chi connectivity index (χ3v) is 6.62. The Morgan fingerprint density at radius 3 is 2.09 bits per heavy atom. The predicted molar refractivity (Wildman–Crippen MR) is 86.1 cm³/mol. The van der Waals surface area contributed by atoms with Gasteiger partial charge in [0, 0.05) is 6.42 Å². The molecule has 1 aromatic carbocycles. The van der Waals surface area contributed by atoms with Gasteiger partial charge in [0.25, 0.3) is 0 Å². The van der Waals surface area contributed by atoms with Crippen molar-refractivity contribution in [3.63, 3.8) is 0 Å². The van der Waals surface area contributed by atoms with Crippen LogP contribution in [0, 0.1) is 17.8 Å². The Balaban J connectivity index is 1.30. The van der Waals surface area contributed by atoms with Crippen molar-refractivity contribution in [2.45, 2.75) is 56.5 Å². The van der Waals surface area contributed by atoms with Crippen molar-refractivity contribution in [3.05, 3.63) is 29.8 Å². The fourth-order valence-corrected chi connectivity index (χ4v) is 5.91. The Morgan fingerprint density at radius 2 is 1.55 bits per heavy atom. The van der Waals surface area contributed by atoms with Crippen LogP contribution in [0.15, 0.2) is 24.3 Å². The van der Waals surface area contributed by atoms with Gasteiger partial charge in [-0.1, -0.05) is 12.1 Å². The summed E-state index contributed by atoms with van der Waals surface area (Å²) in [4.78, 5) is 0. The van der Waals surface area contributed by atoms with Gasteiger partial charge >= 0.3 is 0 Å².